The Morgan fingerprint density at radius 2 is 2.17 bits per heavy atom. The molecule has 2 heterocycles. The van der Waals surface area contributed by atoms with E-state index in [1.165, 1.54) is 0 Å². The fourth-order valence-corrected chi connectivity index (χ4v) is 3.03. The molecule has 124 valence electrons. The molecule has 1 aromatic heterocycles. The molecule has 0 amide bonds. The lowest BCUT2D eigenvalue weighted by Gasteiger charge is -2.26. The van der Waals surface area contributed by atoms with Crippen LogP contribution in [0.4, 0.5) is 0 Å². The third-order valence-electron chi connectivity index (χ3n) is 4.08. The highest BCUT2D eigenvalue weighted by atomic mass is 16.5. The van der Waals surface area contributed by atoms with Crippen molar-refractivity contribution in [3.8, 4) is 17.7 Å². The fraction of sp³-hybridized carbons (Fsp3) is 0.333. The molecule has 0 aliphatic carbocycles. The number of para-hydroxylation sites is 1. The number of benzene rings is 1. The molecule has 0 spiro atoms. The second kappa shape index (κ2) is 6.28. The summed E-state index contributed by atoms with van der Waals surface area (Å²) in [6.07, 6.45) is 0. The molecule has 1 aliphatic heterocycles. The maximum Gasteiger partial charge on any atom is 0.244 e. The Balaban J connectivity index is 2.26. The minimum atomic E-state index is -0.363. The van der Waals surface area contributed by atoms with Gasteiger partial charge in [0.25, 0.3) is 0 Å². The molecule has 0 saturated heterocycles. The van der Waals surface area contributed by atoms with E-state index in [2.05, 4.69) is 30.1 Å². The van der Waals surface area contributed by atoms with E-state index in [0.717, 1.165) is 22.6 Å². The van der Waals surface area contributed by atoms with Crippen molar-refractivity contribution in [3.05, 3.63) is 52.5 Å². The van der Waals surface area contributed by atoms with E-state index in [1.54, 1.807) is 0 Å². The number of nitriles is 1. The first kappa shape index (κ1) is 15.9. The third kappa shape index (κ3) is 2.48. The van der Waals surface area contributed by atoms with Gasteiger partial charge in [-0.25, -0.2) is 0 Å². The molecule has 0 saturated carbocycles. The second-order valence-electron chi connectivity index (χ2n) is 5.91. The van der Waals surface area contributed by atoms with Crippen LogP contribution in [0.15, 0.2) is 35.7 Å². The molecule has 3 rings (SSSR count). The van der Waals surface area contributed by atoms with Gasteiger partial charge in [0, 0.05) is 11.3 Å². The first-order valence-corrected chi connectivity index (χ1v) is 7.95. The van der Waals surface area contributed by atoms with Gasteiger partial charge in [-0.15, -0.1) is 5.10 Å². The Hall–Kier alpha value is -2.94. The van der Waals surface area contributed by atoms with Crippen LogP contribution in [-0.4, -0.2) is 16.8 Å². The molecule has 6 nitrogen and oxygen atoms in total. The molecule has 1 atom stereocenters. The Bertz CT molecular complexity index is 830. The van der Waals surface area contributed by atoms with Crippen LogP contribution < -0.4 is 15.2 Å². The van der Waals surface area contributed by atoms with Gasteiger partial charge >= 0.3 is 0 Å². The smallest absolute Gasteiger partial charge is 0.244 e. The van der Waals surface area contributed by atoms with Crippen molar-refractivity contribution in [3.63, 3.8) is 0 Å². The van der Waals surface area contributed by atoms with Gasteiger partial charge in [0.2, 0.25) is 11.8 Å². The lowest BCUT2D eigenvalue weighted by molar-refractivity contribution is 0.334. The molecule has 0 bridgehead atoms. The molecular weight excluding hydrogens is 304 g/mol. The van der Waals surface area contributed by atoms with Gasteiger partial charge in [-0.3, -0.25) is 5.10 Å². The van der Waals surface area contributed by atoms with E-state index in [0.29, 0.717) is 18.1 Å². The second-order valence-corrected chi connectivity index (χ2v) is 5.91. The largest absolute Gasteiger partial charge is 0.494 e. The number of aromatic amines is 1. The molecule has 1 aliphatic rings. The average molecular weight is 324 g/mol. The summed E-state index contributed by atoms with van der Waals surface area (Å²) in [6, 6.07) is 9.88. The molecule has 3 N–H and O–H groups in total. The van der Waals surface area contributed by atoms with Gasteiger partial charge in [0.15, 0.2) is 0 Å². The Kier molecular flexibility index (Phi) is 4.17. The maximum absolute atomic E-state index is 9.67. The summed E-state index contributed by atoms with van der Waals surface area (Å²) < 4.78 is 11.3. The number of nitrogens with zero attached hydrogens (tertiary/aromatic N) is 2. The predicted octanol–water partition coefficient (Wildman–Crippen LogP) is 3.15. The molecule has 0 fully saturated rings. The number of hydrogen-bond donors (Lipinski definition) is 2. The van der Waals surface area contributed by atoms with Gasteiger partial charge in [-0.05, 0) is 18.9 Å². The summed E-state index contributed by atoms with van der Waals surface area (Å²) in [6.45, 7) is 6.59. The van der Waals surface area contributed by atoms with Crippen LogP contribution in [0.2, 0.25) is 0 Å². The number of aromatic nitrogens is 2. The molecule has 0 unspecified atom stereocenters. The molecule has 6 heteroatoms. The zero-order valence-corrected chi connectivity index (χ0v) is 14.0. The quantitative estimate of drug-likeness (QED) is 0.900. The van der Waals surface area contributed by atoms with Crippen molar-refractivity contribution >= 4 is 0 Å². The minimum Gasteiger partial charge on any atom is -0.494 e. The van der Waals surface area contributed by atoms with E-state index in [4.69, 9.17) is 15.2 Å². The number of allylic oxidation sites excluding steroid dienone is 1. The zero-order chi connectivity index (χ0) is 17.3. The Morgan fingerprint density at radius 3 is 2.83 bits per heavy atom. The van der Waals surface area contributed by atoms with Crippen molar-refractivity contribution in [1.29, 1.82) is 5.26 Å². The monoisotopic (exact) mass is 324 g/mol. The first-order valence-electron chi connectivity index (χ1n) is 7.95. The summed E-state index contributed by atoms with van der Waals surface area (Å²) in [5, 5.41) is 16.9. The normalized spacial score (nSPS) is 16.5. The number of ether oxygens (including phenoxy) is 2. The number of hydrogen-bond acceptors (Lipinski definition) is 5. The fourth-order valence-electron chi connectivity index (χ4n) is 3.03. The summed E-state index contributed by atoms with van der Waals surface area (Å²) in [5.41, 5.74) is 9.02. The van der Waals surface area contributed by atoms with Gasteiger partial charge < -0.3 is 15.2 Å². The lowest BCUT2D eigenvalue weighted by Crippen LogP contribution is -2.22. The van der Waals surface area contributed by atoms with Crippen LogP contribution in [0, 0.1) is 11.3 Å². The van der Waals surface area contributed by atoms with Crippen LogP contribution in [-0.2, 0) is 0 Å². The van der Waals surface area contributed by atoms with Crippen LogP contribution >= 0.6 is 0 Å². The van der Waals surface area contributed by atoms with Crippen molar-refractivity contribution in [2.45, 2.75) is 32.6 Å². The van der Waals surface area contributed by atoms with Gasteiger partial charge in [-0.2, -0.15) is 5.26 Å². The van der Waals surface area contributed by atoms with Crippen LogP contribution in [0.3, 0.4) is 0 Å². The van der Waals surface area contributed by atoms with E-state index in [-0.39, 0.29) is 17.7 Å². The van der Waals surface area contributed by atoms with Crippen LogP contribution in [0.25, 0.3) is 0 Å². The summed E-state index contributed by atoms with van der Waals surface area (Å²) >= 11 is 0. The lowest BCUT2D eigenvalue weighted by atomic mass is 9.82. The van der Waals surface area contributed by atoms with Crippen molar-refractivity contribution in [2.75, 3.05) is 6.61 Å². The predicted molar refractivity (Wildman–Crippen MR) is 89.6 cm³/mol. The SMILES string of the molecule is CCOc1ccccc1[C@H]1C(C#N)=C(N)Oc2n[nH]c(C(C)C)c21. The van der Waals surface area contributed by atoms with Crippen LogP contribution in [0.5, 0.6) is 11.6 Å². The standard InChI is InChI=1S/C18H20N4O2/c1-4-23-13-8-6-5-7-11(13)14-12(9-19)17(20)24-18-15(14)16(10(2)3)21-22-18/h5-8,10,14H,4,20H2,1-3H3,(H,21,22)/t14-/m0/s1. The highest BCUT2D eigenvalue weighted by molar-refractivity contribution is 5.58. The highest BCUT2D eigenvalue weighted by Crippen LogP contribution is 2.46. The minimum absolute atomic E-state index is 0.0862. The highest BCUT2D eigenvalue weighted by Gasteiger charge is 2.37. The summed E-state index contributed by atoms with van der Waals surface area (Å²) in [7, 11) is 0. The maximum atomic E-state index is 9.67. The molecule has 1 aromatic carbocycles. The number of fused-ring (bicyclic) bond motifs is 1. The average Bonchev–Trinajstić information content (AvgIpc) is 2.98. The van der Waals surface area contributed by atoms with Gasteiger partial charge in [-0.1, -0.05) is 32.0 Å². The summed E-state index contributed by atoms with van der Waals surface area (Å²) in [5.74, 6) is 1.08. The van der Waals surface area contributed by atoms with Crippen molar-refractivity contribution < 1.29 is 9.47 Å². The molecule has 2 aromatic rings. The molecule has 24 heavy (non-hydrogen) atoms. The van der Waals surface area contributed by atoms with Gasteiger partial charge in [0.05, 0.1) is 18.1 Å². The summed E-state index contributed by atoms with van der Waals surface area (Å²) in [4.78, 5) is 0. The topological polar surface area (TPSA) is 96.9 Å². The third-order valence-corrected chi connectivity index (χ3v) is 4.08. The van der Waals surface area contributed by atoms with Crippen molar-refractivity contribution in [2.24, 2.45) is 5.73 Å². The number of rotatable bonds is 4. The zero-order valence-electron chi connectivity index (χ0n) is 14.0. The van der Waals surface area contributed by atoms with Crippen molar-refractivity contribution in [1.82, 2.24) is 10.2 Å². The molecular formula is C18H20N4O2. The van der Waals surface area contributed by atoms with Gasteiger partial charge in [0.1, 0.15) is 17.4 Å². The number of nitrogens with one attached hydrogen (secondary N) is 1. The van der Waals surface area contributed by atoms with E-state index >= 15 is 0 Å². The van der Waals surface area contributed by atoms with E-state index in [9.17, 15) is 5.26 Å². The van der Waals surface area contributed by atoms with E-state index < -0.39 is 0 Å². The number of H-pyrrole nitrogens is 1. The Labute approximate surface area is 140 Å². The van der Waals surface area contributed by atoms with Crippen LogP contribution in [0.1, 0.15) is 49.4 Å². The van der Waals surface area contributed by atoms with E-state index in [1.807, 2.05) is 31.2 Å². The first-order chi connectivity index (χ1) is 11.6. The Morgan fingerprint density at radius 1 is 1.42 bits per heavy atom. The molecule has 0 radical (unpaired) electrons. The number of nitrogens with two attached hydrogens (primary N) is 1.